The van der Waals surface area contributed by atoms with Crippen molar-refractivity contribution >= 4 is 39.8 Å². The molecule has 6 nitrogen and oxygen atoms in total. The summed E-state index contributed by atoms with van der Waals surface area (Å²) in [7, 11) is 0.133. The zero-order chi connectivity index (χ0) is 17.7. The van der Waals surface area contributed by atoms with E-state index in [1.807, 2.05) is 25.1 Å². The van der Waals surface area contributed by atoms with Crippen LogP contribution in [0.4, 0.5) is 0 Å². The molecule has 2 N–H and O–H groups in total. The molecule has 1 rings (SSSR count). The molecular weight excluding hydrogens is 441 g/mol. The van der Waals surface area contributed by atoms with E-state index < -0.39 is 14.6 Å². The highest BCUT2D eigenvalue weighted by molar-refractivity contribution is 14.0. The molecule has 0 fully saturated rings. The van der Waals surface area contributed by atoms with Crippen LogP contribution in [-0.2, 0) is 16.4 Å². The third kappa shape index (κ3) is 6.46. The first-order valence-electron chi connectivity index (χ1n) is 7.38. The lowest BCUT2D eigenvalue weighted by atomic mass is 10.1. The topological polar surface area (TPSA) is 79.8 Å². The number of methoxy groups -OCH3 is 1. The number of nitrogens with zero attached hydrogens (tertiary/aromatic N) is 1. The van der Waals surface area contributed by atoms with E-state index in [0.717, 1.165) is 16.9 Å². The smallest absolute Gasteiger partial charge is 0.191 e. The second-order valence-corrected chi connectivity index (χ2v) is 8.78. The van der Waals surface area contributed by atoms with Crippen LogP contribution in [0.5, 0.6) is 5.75 Å². The van der Waals surface area contributed by atoms with Crippen molar-refractivity contribution in [3.8, 4) is 5.75 Å². The minimum Gasteiger partial charge on any atom is -0.496 e. The van der Waals surface area contributed by atoms with Crippen LogP contribution in [0, 0.1) is 6.92 Å². The molecule has 0 aliphatic heterocycles. The Morgan fingerprint density at radius 2 is 1.92 bits per heavy atom. The summed E-state index contributed by atoms with van der Waals surface area (Å²) in [6.07, 6.45) is 1.24. The number of rotatable bonds is 6. The van der Waals surface area contributed by atoms with E-state index in [2.05, 4.69) is 15.6 Å². The fourth-order valence-electron chi connectivity index (χ4n) is 1.83. The van der Waals surface area contributed by atoms with E-state index in [0.29, 0.717) is 12.5 Å². The minimum absolute atomic E-state index is 0. The fraction of sp³-hybridized carbons (Fsp3) is 0.562. The molecule has 8 heteroatoms. The normalized spacial score (nSPS) is 12.3. The zero-order valence-electron chi connectivity index (χ0n) is 15.1. The molecule has 0 aliphatic rings. The van der Waals surface area contributed by atoms with Crippen molar-refractivity contribution in [3.63, 3.8) is 0 Å². The van der Waals surface area contributed by atoms with E-state index >= 15 is 0 Å². The predicted molar refractivity (Wildman–Crippen MR) is 110 cm³/mol. The van der Waals surface area contributed by atoms with Crippen LogP contribution in [0.15, 0.2) is 23.2 Å². The van der Waals surface area contributed by atoms with Crippen molar-refractivity contribution in [1.29, 1.82) is 0 Å². The largest absolute Gasteiger partial charge is 0.496 e. The van der Waals surface area contributed by atoms with Crippen molar-refractivity contribution < 1.29 is 13.2 Å². The number of benzene rings is 1. The first-order chi connectivity index (χ1) is 10.6. The van der Waals surface area contributed by atoms with Crippen LogP contribution < -0.4 is 15.4 Å². The van der Waals surface area contributed by atoms with E-state index in [1.54, 1.807) is 28.0 Å². The van der Waals surface area contributed by atoms with Gasteiger partial charge in [-0.2, -0.15) is 0 Å². The molecular formula is C16H28IN3O3S. The second-order valence-electron chi connectivity index (χ2n) is 6.13. The summed E-state index contributed by atoms with van der Waals surface area (Å²) in [5.74, 6) is 1.36. The lowest BCUT2D eigenvalue weighted by molar-refractivity contribution is 0.408. The predicted octanol–water partition coefficient (Wildman–Crippen LogP) is 2.11. The lowest BCUT2D eigenvalue weighted by Gasteiger charge is -2.24. The highest BCUT2D eigenvalue weighted by atomic mass is 127. The van der Waals surface area contributed by atoms with Gasteiger partial charge in [0, 0.05) is 32.0 Å². The van der Waals surface area contributed by atoms with Crippen molar-refractivity contribution in [1.82, 2.24) is 10.6 Å². The minimum atomic E-state index is -3.15. The van der Waals surface area contributed by atoms with Crippen LogP contribution in [-0.4, -0.2) is 46.1 Å². The number of aliphatic imine (C=N–C) groups is 1. The van der Waals surface area contributed by atoms with Gasteiger partial charge in [0.15, 0.2) is 15.8 Å². The molecule has 138 valence electrons. The third-order valence-electron chi connectivity index (χ3n) is 3.80. The Hall–Kier alpha value is -1.03. The van der Waals surface area contributed by atoms with Gasteiger partial charge in [-0.25, -0.2) is 8.42 Å². The first kappa shape index (κ1) is 23.0. The van der Waals surface area contributed by atoms with Crippen LogP contribution in [0.1, 0.15) is 25.0 Å². The SMILES string of the molecule is CN=C(NCc1ccc(C)cc1OC)NCC(C)(C)S(C)(=O)=O.I. The van der Waals surface area contributed by atoms with Gasteiger partial charge in [0.1, 0.15) is 5.75 Å². The van der Waals surface area contributed by atoms with Gasteiger partial charge >= 0.3 is 0 Å². The van der Waals surface area contributed by atoms with E-state index in [-0.39, 0.29) is 30.5 Å². The van der Waals surface area contributed by atoms with E-state index in [9.17, 15) is 8.42 Å². The number of nitrogens with one attached hydrogen (secondary N) is 2. The Kier molecular flexibility index (Phi) is 9.05. The monoisotopic (exact) mass is 469 g/mol. The Bertz CT molecular complexity index is 673. The first-order valence-corrected chi connectivity index (χ1v) is 9.27. The van der Waals surface area contributed by atoms with Gasteiger partial charge in [-0.15, -0.1) is 24.0 Å². The summed E-state index contributed by atoms with van der Waals surface area (Å²) in [6, 6.07) is 5.98. The Labute approximate surface area is 162 Å². The lowest BCUT2D eigenvalue weighted by Crippen LogP contribution is -2.47. The van der Waals surface area contributed by atoms with Crippen LogP contribution in [0.3, 0.4) is 0 Å². The number of sulfone groups is 1. The van der Waals surface area contributed by atoms with Crippen LogP contribution >= 0.6 is 24.0 Å². The number of ether oxygens (including phenoxy) is 1. The molecule has 0 unspecified atom stereocenters. The quantitative estimate of drug-likeness (QED) is 0.379. The van der Waals surface area contributed by atoms with Gasteiger partial charge in [0.25, 0.3) is 0 Å². The molecule has 1 aromatic rings. The number of hydrogen-bond acceptors (Lipinski definition) is 4. The Morgan fingerprint density at radius 3 is 2.42 bits per heavy atom. The molecule has 0 amide bonds. The average molecular weight is 469 g/mol. The fourth-order valence-corrected chi connectivity index (χ4v) is 2.16. The molecule has 0 aromatic heterocycles. The van der Waals surface area contributed by atoms with Gasteiger partial charge in [-0.05, 0) is 32.4 Å². The zero-order valence-corrected chi connectivity index (χ0v) is 18.3. The molecule has 0 atom stereocenters. The molecule has 0 heterocycles. The van der Waals surface area contributed by atoms with Crippen LogP contribution in [0.2, 0.25) is 0 Å². The third-order valence-corrected chi connectivity index (χ3v) is 5.95. The Morgan fingerprint density at radius 1 is 1.29 bits per heavy atom. The Balaban J connectivity index is 0.00000529. The van der Waals surface area contributed by atoms with Gasteiger partial charge in [-0.1, -0.05) is 12.1 Å². The highest BCUT2D eigenvalue weighted by Gasteiger charge is 2.30. The summed E-state index contributed by atoms with van der Waals surface area (Å²) >= 11 is 0. The van der Waals surface area contributed by atoms with Gasteiger partial charge in [0.2, 0.25) is 0 Å². The summed E-state index contributed by atoms with van der Waals surface area (Å²) < 4.78 is 28.0. The average Bonchev–Trinajstić information content (AvgIpc) is 2.47. The van der Waals surface area contributed by atoms with E-state index in [4.69, 9.17) is 4.74 Å². The number of aryl methyl sites for hydroxylation is 1. The highest BCUT2D eigenvalue weighted by Crippen LogP contribution is 2.19. The van der Waals surface area contributed by atoms with Crippen molar-refractivity contribution in [2.24, 2.45) is 4.99 Å². The summed E-state index contributed by atoms with van der Waals surface area (Å²) in [4.78, 5) is 4.12. The molecule has 0 radical (unpaired) electrons. The number of hydrogen-bond donors (Lipinski definition) is 2. The summed E-state index contributed by atoms with van der Waals surface area (Å²) in [6.45, 7) is 6.18. The number of guanidine groups is 1. The molecule has 24 heavy (non-hydrogen) atoms. The standard InChI is InChI=1S/C16H27N3O3S.HI/c1-12-7-8-13(14(9-12)22-5)10-18-15(17-4)19-11-16(2,3)23(6,20)21;/h7-9H,10-11H2,1-6H3,(H2,17,18,19);1H. The van der Waals surface area contributed by atoms with Gasteiger partial charge in [0.05, 0.1) is 11.9 Å². The molecule has 0 saturated heterocycles. The van der Waals surface area contributed by atoms with E-state index in [1.165, 1.54) is 6.26 Å². The van der Waals surface area contributed by atoms with Crippen LogP contribution in [0.25, 0.3) is 0 Å². The maximum absolute atomic E-state index is 11.7. The van der Waals surface area contributed by atoms with Crippen molar-refractivity contribution in [2.75, 3.05) is 27.0 Å². The molecule has 0 saturated carbocycles. The molecule has 0 bridgehead atoms. The maximum atomic E-state index is 11.7. The molecule has 0 aliphatic carbocycles. The molecule has 0 spiro atoms. The molecule has 1 aromatic carbocycles. The van der Waals surface area contributed by atoms with Gasteiger partial charge < -0.3 is 15.4 Å². The number of halogens is 1. The summed E-state index contributed by atoms with van der Waals surface area (Å²) in [5.41, 5.74) is 2.13. The maximum Gasteiger partial charge on any atom is 0.191 e. The van der Waals surface area contributed by atoms with Gasteiger partial charge in [-0.3, -0.25) is 4.99 Å². The van der Waals surface area contributed by atoms with Crippen molar-refractivity contribution in [2.45, 2.75) is 32.1 Å². The summed E-state index contributed by atoms with van der Waals surface area (Å²) in [5, 5.41) is 6.22. The second kappa shape index (κ2) is 9.45. The van der Waals surface area contributed by atoms with Crippen molar-refractivity contribution in [3.05, 3.63) is 29.3 Å².